The molecule has 1 aromatic rings. The van der Waals surface area contributed by atoms with Gasteiger partial charge in [0.05, 0.1) is 12.5 Å². The van der Waals surface area contributed by atoms with Crippen LogP contribution in [0.3, 0.4) is 0 Å². The van der Waals surface area contributed by atoms with Crippen LogP contribution in [0.2, 0.25) is 0 Å². The van der Waals surface area contributed by atoms with Crippen LogP contribution in [-0.4, -0.2) is 52.0 Å². The number of carbonyl (C=O) groups is 5. The monoisotopic (exact) mass is 394 g/mol. The highest BCUT2D eigenvalue weighted by Crippen LogP contribution is 2.04. The third kappa shape index (κ3) is 8.79. The van der Waals surface area contributed by atoms with Crippen molar-refractivity contribution in [3.63, 3.8) is 0 Å². The fraction of sp³-hybridized carbons (Fsp3) is 0.389. The Bertz CT molecular complexity index is 720. The van der Waals surface area contributed by atoms with Crippen molar-refractivity contribution in [2.24, 2.45) is 0 Å². The first-order valence-corrected chi connectivity index (χ1v) is 8.40. The molecule has 0 spiro atoms. The van der Waals surface area contributed by atoms with E-state index in [1.807, 2.05) is 0 Å². The van der Waals surface area contributed by atoms with Gasteiger partial charge in [0.25, 0.3) is 0 Å². The maximum absolute atomic E-state index is 12.3. The van der Waals surface area contributed by atoms with E-state index in [1.165, 1.54) is 6.92 Å². The van der Waals surface area contributed by atoms with Crippen LogP contribution in [0.15, 0.2) is 30.3 Å². The van der Waals surface area contributed by atoms with Gasteiger partial charge in [-0.3, -0.25) is 19.2 Å². The summed E-state index contributed by atoms with van der Waals surface area (Å²) >= 11 is 0. The molecule has 0 heterocycles. The van der Waals surface area contributed by atoms with Crippen LogP contribution in [0, 0.1) is 0 Å². The molecule has 0 aliphatic carbocycles. The maximum atomic E-state index is 12.3. The number of carboxylic acid groups (broad SMARTS) is 2. The van der Waals surface area contributed by atoms with Gasteiger partial charge in [0.1, 0.15) is 12.6 Å². The van der Waals surface area contributed by atoms with Gasteiger partial charge in [0, 0.05) is 6.42 Å². The zero-order valence-corrected chi connectivity index (χ0v) is 15.2. The Hall–Kier alpha value is -3.43. The van der Waals surface area contributed by atoms with Gasteiger partial charge >= 0.3 is 18.0 Å². The first kappa shape index (κ1) is 22.6. The van der Waals surface area contributed by atoms with E-state index in [4.69, 9.17) is 14.9 Å². The van der Waals surface area contributed by atoms with Gasteiger partial charge in [-0.25, -0.2) is 4.79 Å². The summed E-state index contributed by atoms with van der Waals surface area (Å²) in [6.07, 6.45) is -2.26. The molecule has 0 saturated carbocycles. The van der Waals surface area contributed by atoms with E-state index in [0.29, 0.717) is 5.56 Å². The molecule has 4 N–H and O–H groups in total. The molecule has 1 rings (SSSR count). The molecule has 0 unspecified atom stereocenters. The Morgan fingerprint density at radius 2 is 1.61 bits per heavy atom. The quantitative estimate of drug-likeness (QED) is 0.427. The molecule has 0 fully saturated rings. The summed E-state index contributed by atoms with van der Waals surface area (Å²) in [7, 11) is 0. The second kappa shape index (κ2) is 11.3. The number of hydrogen-bond donors (Lipinski definition) is 4. The van der Waals surface area contributed by atoms with Gasteiger partial charge in [0.15, 0.2) is 5.78 Å². The lowest BCUT2D eigenvalue weighted by atomic mass is 10.1. The standard InChI is InChI=1S/C18H22N2O8/c1-11(21)13(7-8-15(22)23)19-17(26)14(9-16(24)25)20-18(27)28-10-12-5-3-2-4-6-12/h2-6,13-14H,7-10H2,1H3,(H,19,26)(H,20,27)(H,22,23)(H,24,25)/t13-,14-/m0/s1. The van der Waals surface area contributed by atoms with Crippen LogP contribution < -0.4 is 10.6 Å². The summed E-state index contributed by atoms with van der Waals surface area (Å²) in [5.41, 5.74) is 0.696. The van der Waals surface area contributed by atoms with E-state index in [-0.39, 0.29) is 19.4 Å². The highest BCUT2D eigenvalue weighted by Gasteiger charge is 2.28. The Balaban J connectivity index is 2.69. The number of nitrogens with one attached hydrogen (secondary N) is 2. The molecule has 0 aliphatic rings. The zero-order valence-electron chi connectivity index (χ0n) is 15.2. The number of aliphatic carboxylic acids is 2. The van der Waals surface area contributed by atoms with E-state index < -0.39 is 48.2 Å². The van der Waals surface area contributed by atoms with Gasteiger partial charge in [0.2, 0.25) is 5.91 Å². The minimum Gasteiger partial charge on any atom is -0.481 e. The normalized spacial score (nSPS) is 12.3. The van der Waals surface area contributed by atoms with Gasteiger partial charge < -0.3 is 25.6 Å². The molecule has 2 amide bonds. The number of carbonyl (C=O) groups excluding carboxylic acids is 3. The van der Waals surface area contributed by atoms with E-state index >= 15 is 0 Å². The number of rotatable bonds is 11. The second-order valence-corrected chi connectivity index (χ2v) is 5.96. The SMILES string of the molecule is CC(=O)[C@H](CCC(=O)O)NC(=O)[C@H](CC(=O)O)NC(=O)OCc1ccccc1. The topological polar surface area (TPSA) is 159 Å². The molecule has 0 aliphatic heterocycles. The van der Waals surface area contributed by atoms with Crippen molar-refractivity contribution in [1.82, 2.24) is 10.6 Å². The highest BCUT2D eigenvalue weighted by atomic mass is 16.5. The number of hydrogen-bond acceptors (Lipinski definition) is 6. The smallest absolute Gasteiger partial charge is 0.408 e. The van der Waals surface area contributed by atoms with E-state index in [2.05, 4.69) is 10.6 Å². The fourth-order valence-electron chi connectivity index (χ4n) is 2.21. The number of alkyl carbamates (subject to hydrolysis) is 1. The minimum atomic E-state index is -1.49. The lowest BCUT2D eigenvalue weighted by molar-refractivity contribution is -0.140. The van der Waals surface area contributed by atoms with Crippen molar-refractivity contribution >= 4 is 29.7 Å². The predicted molar refractivity (Wildman–Crippen MR) is 95.3 cm³/mol. The van der Waals surface area contributed by atoms with E-state index in [1.54, 1.807) is 30.3 Å². The number of ether oxygens (including phenoxy) is 1. The van der Waals surface area contributed by atoms with Crippen molar-refractivity contribution in [3.05, 3.63) is 35.9 Å². The zero-order chi connectivity index (χ0) is 21.1. The second-order valence-electron chi connectivity index (χ2n) is 5.96. The number of amides is 2. The largest absolute Gasteiger partial charge is 0.481 e. The number of benzene rings is 1. The van der Waals surface area contributed by atoms with Crippen LogP contribution in [0.5, 0.6) is 0 Å². The van der Waals surface area contributed by atoms with Gasteiger partial charge in [-0.15, -0.1) is 0 Å². The van der Waals surface area contributed by atoms with Gasteiger partial charge in [-0.05, 0) is 18.9 Å². The molecule has 0 aromatic heterocycles. The van der Waals surface area contributed by atoms with Crippen LogP contribution >= 0.6 is 0 Å². The summed E-state index contributed by atoms with van der Waals surface area (Å²) in [5, 5.41) is 22.1. The summed E-state index contributed by atoms with van der Waals surface area (Å²) in [6.45, 7) is 1.09. The van der Waals surface area contributed by atoms with Crippen LogP contribution in [0.25, 0.3) is 0 Å². The molecular formula is C18H22N2O8. The van der Waals surface area contributed by atoms with Crippen molar-refractivity contribution in [2.45, 2.75) is 44.9 Å². The molecule has 0 bridgehead atoms. The molecule has 0 radical (unpaired) electrons. The first-order chi connectivity index (χ1) is 13.2. The first-order valence-electron chi connectivity index (χ1n) is 8.40. The Kier molecular flexibility index (Phi) is 9.14. The Morgan fingerprint density at radius 3 is 2.14 bits per heavy atom. The molecule has 28 heavy (non-hydrogen) atoms. The maximum Gasteiger partial charge on any atom is 0.408 e. The van der Waals surface area contributed by atoms with Crippen molar-refractivity contribution < 1.29 is 38.9 Å². The summed E-state index contributed by atoms with van der Waals surface area (Å²) < 4.78 is 4.95. The number of Topliss-reactive ketones (excluding diaryl/α,β-unsaturated/α-hetero) is 1. The number of carboxylic acids is 2. The highest BCUT2D eigenvalue weighted by molar-refractivity contribution is 5.93. The Morgan fingerprint density at radius 1 is 0.964 bits per heavy atom. The molecular weight excluding hydrogens is 372 g/mol. The van der Waals surface area contributed by atoms with Crippen molar-refractivity contribution in [2.75, 3.05) is 0 Å². The summed E-state index contributed by atoms with van der Waals surface area (Å²) in [4.78, 5) is 57.4. The number of ketones is 1. The van der Waals surface area contributed by atoms with E-state index in [9.17, 15) is 24.0 Å². The molecule has 10 nitrogen and oxygen atoms in total. The average Bonchev–Trinajstić information content (AvgIpc) is 2.62. The van der Waals surface area contributed by atoms with Crippen LogP contribution in [0.1, 0.15) is 31.7 Å². The van der Waals surface area contributed by atoms with Crippen LogP contribution in [0.4, 0.5) is 4.79 Å². The van der Waals surface area contributed by atoms with E-state index in [0.717, 1.165) is 0 Å². The predicted octanol–water partition coefficient (Wildman–Crippen LogP) is 0.695. The van der Waals surface area contributed by atoms with Crippen LogP contribution in [-0.2, 0) is 30.5 Å². The van der Waals surface area contributed by atoms with Gasteiger partial charge in [-0.2, -0.15) is 0 Å². The molecule has 2 atom stereocenters. The third-order valence-electron chi connectivity index (χ3n) is 3.65. The molecule has 1 aromatic carbocycles. The molecule has 10 heteroatoms. The fourth-order valence-corrected chi connectivity index (χ4v) is 2.21. The molecule has 0 saturated heterocycles. The third-order valence-corrected chi connectivity index (χ3v) is 3.65. The summed E-state index contributed by atoms with van der Waals surface area (Å²) in [5.74, 6) is -3.92. The van der Waals surface area contributed by atoms with Gasteiger partial charge in [-0.1, -0.05) is 30.3 Å². The lowest BCUT2D eigenvalue weighted by Gasteiger charge is -2.20. The molecule has 152 valence electrons. The van der Waals surface area contributed by atoms with Crippen molar-refractivity contribution in [3.8, 4) is 0 Å². The lowest BCUT2D eigenvalue weighted by Crippen LogP contribution is -2.52. The van der Waals surface area contributed by atoms with Crippen molar-refractivity contribution in [1.29, 1.82) is 0 Å². The average molecular weight is 394 g/mol. The Labute approximate surface area is 160 Å². The minimum absolute atomic E-state index is 0.0806. The summed E-state index contributed by atoms with van der Waals surface area (Å²) in [6, 6.07) is 6.11.